The Morgan fingerprint density at radius 1 is 0.921 bits per heavy atom. The average Bonchev–Trinajstić information content (AvgIpc) is 2.77. The van der Waals surface area contributed by atoms with Crippen LogP contribution in [0.1, 0.15) is 0 Å². The molecule has 7 nitrogen and oxygen atoms in total. The summed E-state index contributed by atoms with van der Waals surface area (Å²) in [7, 11) is -5.94. The number of para-hydroxylation sites is 1. The summed E-state index contributed by atoms with van der Waals surface area (Å²) in [5.74, 6) is -8.39. The van der Waals surface area contributed by atoms with Crippen LogP contribution in [0.4, 0.5) is 55.3 Å². The van der Waals surface area contributed by atoms with E-state index in [1.165, 1.54) is 0 Å². The lowest BCUT2D eigenvalue weighted by atomic mass is 10.3. The number of halogens is 10. The molecule has 0 radical (unpaired) electrons. The largest absolute Gasteiger partial charge is 0.501 e. The summed E-state index contributed by atoms with van der Waals surface area (Å²) in [5.41, 5.74) is -7.51. The van der Waals surface area contributed by atoms with Gasteiger partial charge in [0.15, 0.2) is 0 Å². The second-order valence-corrected chi connectivity index (χ2v) is 11.0. The van der Waals surface area contributed by atoms with Crippen molar-refractivity contribution in [2.24, 2.45) is 0 Å². The molecule has 0 aliphatic carbocycles. The number of amides is 1. The third-order valence-corrected chi connectivity index (χ3v) is 7.86. The number of carbonyl (C=O) groups is 1. The number of nitro groups is 1. The topological polar surface area (TPSA) is 106 Å². The van der Waals surface area contributed by atoms with Gasteiger partial charge < -0.3 is 5.32 Å². The Labute approximate surface area is 214 Å². The number of anilines is 1. The SMILES string of the molecule is O=C(CSc1ccc(S(=O)(=O)C(F)(F)F)cc1[N+](=O)[O-])Nc1ccccc1SC(F)(F)C(F)(F)C(F)(F)F. The van der Waals surface area contributed by atoms with Crippen LogP contribution < -0.4 is 5.32 Å². The van der Waals surface area contributed by atoms with Gasteiger partial charge in [-0.2, -0.15) is 43.9 Å². The molecule has 0 aliphatic rings. The maximum Gasteiger partial charge on any atom is 0.501 e. The molecule has 0 atom stereocenters. The summed E-state index contributed by atoms with van der Waals surface area (Å²) >= 11 is -0.885. The van der Waals surface area contributed by atoms with E-state index in [2.05, 4.69) is 0 Å². The molecule has 1 amide bonds. The molecule has 0 aliphatic heterocycles. The molecule has 38 heavy (non-hydrogen) atoms. The highest BCUT2D eigenvalue weighted by atomic mass is 32.2. The molecule has 0 fully saturated rings. The van der Waals surface area contributed by atoms with E-state index in [-0.39, 0.29) is 6.07 Å². The maximum atomic E-state index is 13.8. The van der Waals surface area contributed by atoms with Crippen LogP contribution in [0.2, 0.25) is 0 Å². The first-order chi connectivity index (χ1) is 17.1. The number of nitrogens with one attached hydrogen (secondary N) is 1. The van der Waals surface area contributed by atoms with E-state index in [0.29, 0.717) is 30.0 Å². The fourth-order valence-corrected chi connectivity index (χ4v) is 4.90. The minimum atomic E-state index is -6.60. The summed E-state index contributed by atoms with van der Waals surface area (Å²) in [6.45, 7) is 0. The number of nitrogens with zero attached hydrogens (tertiary/aromatic N) is 1. The van der Waals surface area contributed by atoms with E-state index < -0.39 is 87.1 Å². The minimum absolute atomic E-state index is 0.109. The van der Waals surface area contributed by atoms with Crippen LogP contribution in [0.5, 0.6) is 0 Å². The lowest BCUT2D eigenvalue weighted by Gasteiger charge is -2.28. The van der Waals surface area contributed by atoms with Crippen molar-refractivity contribution >= 4 is 50.6 Å². The number of hydrogen-bond acceptors (Lipinski definition) is 7. The van der Waals surface area contributed by atoms with Crippen LogP contribution in [0, 0.1) is 10.1 Å². The number of rotatable bonds is 9. The van der Waals surface area contributed by atoms with Crippen molar-refractivity contribution in [3.63, 3.8) is 0 Å². The van der Waals surface area contributed by atoms with Crippen LogP contribution in [0.25, 0.3) is 0 Å². The third-order valence-electron chi connectivity index (χ3n) is 4.22. The Balaban J connectivity index is 2.23. The van der Waals surface area contributed by atoms with Gasteiger partial charge in [-0.05, 0) is 36.0 Å². The van der Waals surface area contributed by atoms with Crippen LogP contribution >= 0.6 is 23.5 Å². The molecular weight excluding hydrogens is 610 g/mol. The fourth-order valence-electron chi connectivity index (χ4n) is 2.42. The van der Waals surface area contributed by atoms with Gasteiger partial charge in [0, 0.05) is 11.0 Å². The van der Waals surface area contributed by atoms with Gasteiger partial charge in [-0.3, -0.25) is 14.9 Å². The maximum absolute atomic E-state index is 13.8. The molecule has 0 spiro atoms. The zero-order valence-corrected chi connectivity index (χ0v) is 20.2. The molecule has 20 heteroatoms. The first kappa shape index (κ1) is 31.5. The lowest BCUT2D eigenvalue weighted by Crippen LogP contribution is -2.49. The van der Waals surface area contributed by atoms with E-state index in [0.717, 1.165) is 18.2 Å². The molecule has 0 heterocycles. The Kier molecular flexibility index (Phi) is 8.94. The standard InChI is InChI=1S/C18H10F10N2O5S3/c19-15(20,16(21,22)23)17(24,25)37-12-4-2-1-3-10(12)29-14(31)8-36-13-6-5-9(7-11(13)30(32)33)38(34,35)18(26,27)28/h1-7H,8H2,(H,29,31). The van der Waals surface area contributed by atoms with Crippen LogP contribution in [-0.4, -0.2) is 47.9 Å². The van der Waals surface area contributed by atoms with Gasteiger partial charge in [0.25, 0.3) is 15.5 Å². The summed E-state index contributed by atoms with van der Waals surface area (Å²) in [6, 6.07) is 4.80. The first-order valence-electron chi connectivity index (χ1n) is 9.24. The second kappa shape index (κ2) is 10.8. The number of sulfone groups is 1. The summed E-state index contributed by atoms with van der Waals surface area (Å²) in [6.07, 6.45) is -6.60. The van der Waals surface area contributed by atoms with Crippen LogP contribution in [0.15, 0.2) is 57.2 Å². The highest BCUT2D eigenvalue weighted by Gasteiger charge is 2.73. The number of carbonyl (C=O) groups excluding carboxylic acids is 1. The Bertz CT molecular complexity index is 1330. The Hall–Kier alpha value is -2.74. The summed E-state index contributed by atoms with van der Waals surface area (Å²) < 4.78 is 152. The van der Waals surface area contributed by atoms with Crippen molar-refractivity contribution in [2.75, 3.05) is 11.1 Å². The number of hydrogen-bond donors (Lipinski definition) is 1. The molecule has 0 bridgehead atoms. The lowest BCUT2D eigenvalue weighted by molar-refractivity contribution is -0.388. The predicted molar refractivity (Wildman–Crippen MR) is 114 cm³/mol. The van der Waals surface area contributed by atoms with Crippen molar-refractivity contribution in [3.05, 3.63) is 52.6 Å². The zero-order valence-electron chi connectivity index (χ0n) is 17.7. The third kappa shape index (κ3) is 6.63. The Morgan fingerprint density at radius 3 is 2.03 bits per heavy atom. The highest BCUT2D eigenvalue weighted by Crippen LogP contribution is 2.54. The van der Waals surface area contributed by atoms with Crippen molar-refractivity contribution in [3.8, 4) is 0 Å². The van der Waals surface area contributed by atoms with Crippen molar-refractivity contribution in [1.82, 2.24) is 0 Å². The van der Waals surface area contributed by atoms with E-state index >= 15 is 0 Å². The van der Waals surface area contributed by atoms with Gasteiger partial charge in [-0.15, -0.1) is 11.8 Å². The zero-order chi connectivity index (χ0) is 29.3. The molecule has 2 aromatic carbocycles. The number of benzene rings is 2. The predicted octanol–water partition coefficient (Wildman–Crippen LogP) is 6.50. The van der Waals surface area contributed by atoms with Crippen molar-refractivity contribution in [1.29, 1.82) is 0 Å². The quantitative estimate of drug-likeness (QED) is 0.148. The van der Waals surface area contributed by atoms with E-state index in [9.17, 15) is 67.2 Å². The average molecular weight is 620 g/mol. The van der Waals surface area contributed by atoms with Gasteiger partial charge in [-0.1, -0.05) is 12.1 Å². The van der Waals surface area contributed by atoms with Gasteiger partial charge in [0.05, 0.1) is 26.2 Å². The molecule has 0 unspecified atom stereocenters. The van der Waals surface area contributed by atoms with E-state index in [4.69, 9.17) is 0 Å². The molecular formula is C18H10F10N2O5S3. The Morgan fingerprint density at radius 2 is 1.50 bits per heavy atom. The van der Waals surface area contributed by atoms with Crippen molar-refractivity contribution < 1.29 is 62.0 Å². The van der Waals surface area contributed by atoms with Gasteiger partial charge >= 0.3 is 22.9 Å². The van der Waals surface area contributed by atoms with Gasteiger partial charge in [0.2, 0.25) is 5.91 Å². The second-order valence-electron chi connectivity index (χ2n) is 6.86. The molecule has 2 rings (SSSR count). The smallest absolute Gasteiger partial charge is 0.324 e. The number of thioether (sulfide) groups is 2. The monoisotopic (exact) mass is 620 g/mol. The fraction of sp³-hybridized carbons (Fsp3) is 0.278. The molecule has 0 saturated carbocycles. The molecule has 0 saturated heterocycles. The summed E-state index contributed by atoms with van der Waals surface area (Å²) in [5, 5.41) is 7.46. The highest BCUT2D eigenvalue weighted by molar-refractivity contribution is 8.00. The number of alkyl halides is 10. The molecule has 210 valence electrons. The van der Waals surface area contributed by atoms with E-state index in [1.54, 1.807) is 0 Å². The molecule has 1 N–H and O–H groups in total. The normalized spacial score (nSPS) is 13.3. The van der Waals surface area contributed by atoms with Gasteiger partial charge in [0.1, 0.15) is 0 Å². The number of nitro benzene ring substituents is 1. The van der Waals surface area contributed by atoms with Gasteiger partial charge in [-0.25, -0.2) is 8.42 Å². The summed E-state index contributed by atoms with van der Waals surface area (Å²) in [4.78, 5) is 19.4. The van der Waals surface area contributed by atoms with E-state index in [1.807, 2.05) is 5.32 Å². The minimum Gasteiger partial charge on any atom is -0.324 e. The van der Waals surface area contributed by atoms with Crippen LogP contribution in [0.3, 0.4) is 0 Å². The first-order valence-corrected chi connectivity index (χ1v) is 12.5. The molecule has 0 aromatic heterocycles. The molecule has 2 aromatic rings. The van der Waals surface area contributed by atoms with Crippen LogP contribution in [-0.2, 0) is 14.6 Å². The van der Waals surface area contributed by atoms with Crippen molar-refractivity contribution in [2.45, 2.75) is 37.5 Å².